The molecule has 1 heterocycles. The maximum absolute atomic E-state index is 5.88. The van der Waals surface area contributed by atoms with Gasteiger partial charge < -0.3 is 9.47 Å². The molecule has 0 spiro atoms. The van der Waals surface area contributed by atoms with Crippen molar-refractivity contribution in [1.29, 1.82) is 0 Å². The van der Waals surface area contributed by atoms with E-state index in [2.05, 4.69) is 13.8 Å². The van der Waals surface area contributed by atoms with Crippen LogP contribution in [-0.2, 0) is 9.47 Å². The van der Waals surface area contributed by atoms with Crippen LogP contribution in [-0.4, -0.2) is 43.7 Å². The summed E-state index contributed by atoms with van der Waals surface area (Å²) >= 11 is 0. The second-order valence-electron chi connectivity index (χ2n) is 4.58. The standard InChI is InChI=1S/C12H26NO2/c1-5-13(9-7-6-8-10-13)11(2)15-12(3)14-4/h11-12H,5-10H2,1-4H3/q+1. The summed E-state index contributed by atoms with van der Waals surface area (Å²) in [5.41, 5.74) is 0. The lowest BCUT2D eigenvalue weighted by Gasteiger charge is -2.45. The zero-order chi connectivity index (χ0) is 11.3. The summed E-state index contributed by atoms with van der Waals surface area (Å²) in [6.45, 7) is 10.1. The van der Waals surface area contributed by atoms with E-state index in [1.54, 1.807) is 7.11 Å². The Hall–Kier alpha value is -0.120. The molecule has 0 radical (unpaired) electrons. The highest BCUT2D eigenvalue weighted by Gasteiger charge is 2.35. The lowest BCUT2D eigenvalue weighted by Crippen LogP contribution is -2.58. The van der Waals surface area contributed by atoms with E-state index in [4.69, 9.17) is 9.47 Å². The predicted molar refractivity (Wildman–Crippen MR) is 61.4 cm³/mol. The number of hydrogen-bond donors (Lipinski definition) is 0. The molecule has 2 atom stereocenters. The lowest BCUT2D eigenvalue weighted by atomic mass is 10.1. The number of nitrogens with zero attached hydrogens (tertiary/aromatic N) is 1. The van der Waals surface area contributed by atoms with Gasteiger partial charge in [-0.2, -0.15) is 0 Å². The van der Waals surface area contributed by atoms with Gasteiger partial charge in [0, 0.05) is 14.0 Å². The van der Waals surface area contributed by atoms with E-state index < -0.39 is 0 Å². The molecule has 0 aromatic heterocycles. The average molecular weight is 216 g/mol. The first-order valence-corrected chi connectivity index (χ1v) is 6.18. The largest absolute Gasteiger partial charge is 0.356 e. The van der Waals surface area contributed by atoms with Crippen molar-refractivity contribution in [3.8, 4) is 0 Å². The van der Waals surface area contributed by atoms with E-state index in [9.17, 15) is 0 Å². The summed E-state index contributed by atoms with van der Waals surface area (Å²) < 4.78 is 12.2. The van der Waals surface area contributed by atoms with Gasteiger partial charge in [0.05, 0.1) is 19.6 Å². The molecule has 2 unspecified atom stereocenters. The lowest BCUT2D eigenvalue weighted by molar-refractivity contribution is -0.973. The number of ether oxygens (including phenoxy) is 2. The first-order valence-electron chi connectivity index (χ1n) is 6.18. The van der Waals surface area contributed by atoms with Crippen molar-refractivity contribution in [2.24, 2.45) is 0 Å². The number of methoxy groups -OCH3 is 1. The maximum Gasteiger partial charge on any atom is 0.193 e. The van der Waals surface area contributed by atoms with E-state index in [1.165, 1.54) is 32.4 Å². The molecular formula is C12H26NO2+. The van der Waals surface area contributed by atoms with Crippen molar-refractivity contribution in [3.05, 3.63) is 0 Å². The molecule has 1 rings (SSSR count). The van der Waals surface area contributed by atoms with Crippen molar-refractivity contribution >= 4 is 0 Å². The van der Waals surface area contributed by atoms with Crippen molar-refractivity contribution < 1.29 is 14.0 Å². The second-order valence-corrected chi connectivity index (χ2v) is 4.58. The molecule has 0 aromatic rings. The van der Waals surface area contributed by atoms with Gasteiger partial charge in [0.2, 0.25) is 0 Å². The zero-order valence-electron chi connectivity index (χ0n) is 10.7. The van der Waals surface area contributed by atoms with Crippen LogP contribution in [0.1, 0.15) is 40.0 Å². The molecular weight excluding hydrogens is 190 g/mol. The van der Waals surface area contributed by atoms with Crippen LogP contribution in [0, 0.1) is 0 Å². The highest BCUT2D eigenvalue weighted by molar-refractivity contribution is 4.55. The second kappa shape index (κ2) is 5.83. The van der Waals surface area contributed by atoms with Crippen molar-refractivity contribution in [2.75, 3.05) is 26.7 Å². The summed E-state index contributed by atoms with van der Waals surface area (Å²) in [6, 6.07) is 0. The Morgan fingerprint density at radius 2 is 1.73 bits per heavy atom. The summed E-state index contributed by atoms with van der Waals surface area (Å²) in [7, 11) is 1.70. The molecule has 1 aliphatic heterocycles. The fourth-order valence-electron chi connectivity index (χ4n) is 2.54. The molecule has 3 nitrogen and oxygen atoms in total. The Kier molecular flexibility index (Phi) is 5.03. The summed E-state index contributed by atoms with van der Waals surface area (Å²) in [6.07, 6.45) is 4.21. The normalized spacial score (nSPS) is 24.8. The minimum absolute atomic E-state index is 0.0940. The summed E-state index contributed by atoms with van der Waals surface area (Å²) in [5, 5.41) is 0. The predicted octanol–water partition coefficient (Wildman–Crippen LogP) is 2.36. The van der Waals surface area contributed by atoms with Crippen LogP contribution in [0.5, 0.6) is 0 Å². The monoisotopic (exact) mass is 216 g/mol. The third-order valence-corrected chi connectivity index (χ3v) is 3.83. The number of rotatable bonds is 5. The Bertz CT molecular complexity index is 178. The van der Waals surface area contributed by atoms with Crippen LogP contribution in [0.15, 0.2) is 0 Å². The van der Waals surface area contributed by atoms with Crippen LogP contribution in [0.25, 0.3) is 0 Å². The highest BCUT2D eigenvalue weighted by Crippen LogP contribution is 2.24. The highest BCUT2D eigenvalue weighted by atomic mass is 16.7. The Balaban J connectivity index is 2.55. The first kappa shape index (κ1) is 12.9. The Morgan fingerprint density at radius 1 is 1.13 bits per heavy atom. The topological polar surface area (TPSA) is 18.5 Å². The molecule has 3 heteroatoms. The molecule has 0 bridgehead atoms. The number of hydrogen-bond acceptors (Lipinski definition) is 2. The van der Waals surface area contributed by atoms with Gasteiger partial charge in [-0.05, 0) is 33.1 Å². The summed E-state index contributed by atoms with van der Waals surface area (Å²) in [4.78, 5) is 0. The van der Waals surface area contributed by atoms with Gasteiger partial charge in [0.25, 0.3) is 0 Å². The zero-order valence-corrected chi connectivity index (χ0v) is 10.7. The van der Waals surface area contributed by atoms with E-state index in [-0.39, 0.29) is 12.5 Å². The third kappa shape index (κ3) is 3.16. The van der Waals surface area contributed by atoms with E-state index >= 15 is 0 Å². The fraction of sp³-hybridized carbons (Fsp3) is 1.00. The van der Waals surface area contributed by atoms with E-state index in [0.29, 0.717) is 0 Å². The molecule has 1 saturated heterocycles. The van der Waals surface area contributed by atoms with Crippen molar-refractivity contribution in [2.45, 2.75) is 52.6 Å². The maximum atomic E-state index is 5.88. The molecule has 0 amide bonds. The fourth-order valence-corrected chi connectivity index (χ4v) is 2.54. The minimum Gasteiger partial charge on any atom is -0.356 e. The van der Waals surface area contributed by atoms with Crippen LogP contribution < -0.4 is 0 Å². The first-order chi connectivity index (χ1) is 7.14. The summed E-state index contributed by atoms with van der Waals surface area (Å²) in [5.74, 6) is 0. The minimum atomic E-state index is -0.0940. The van der Waals surface area contributed by atoms with Crippen LogP contribution >= 0.6 is 0 Å². The van der Waals surface area contributed by atoms with E-state index in [0.717, 1.165) is 11.0 Å². The smallest absolute Gasteiger partial charge is 0.193 e. The molecule has 0 N–H and O–H groups in total. The van der Waals surface area contributed by atoms with Crippen molar-refractivity contribution in [3.63, 3.8) is 0 Å². The van der Waals surface area contributed by atoms with E-state index in [1.807, 2.05) is 6.92 Å². The molecule has 0 aliphatic carbocycles. The molecule has 0 aromatic carbocycles. The third-order valence-electron chi connectivity index (χ3n) is 3.83. The Labute approximate surface area is 93.9 Å². The molecule has 1 fully saturated rings. The van der Waals surface area contributed by atoms with Gasteiger partial charge in [-0.1, -0.05) is 0 Å². The van der Waals surface area contributed by atoms with Crippen LogP contribution in [0.2, 0.25) is 0 Å². The molecule has 1 aliphatic rings. The molecule has 90 valence electrons. The SMILES string of the molecule is CC[N+]1(C(C)OC(C)OC)CCCCC1. The van der Waals surface area contributed by atoms with Gasteiger partial charge in [-0.25, -0.2) is 0 Å². The number of quaternary nitrogens is 1. The van der Waals surface area contributed by atoms with Crippen molar-refractivity contribution in [1.82, 2.24) is 0 Å². The quantitative estimate of drug-likeness (QED) is 0.519. The molecule has 0 saturated carbocycles. The van der Waals surface area contributed by atoms with Gasteiger partial charge >= 0.3 is 0 Å². The van der Waals surface area contributed by atoms with Crippen LogP contribution in [0.3, 0.4) is 0 Å². The van der Waals surface area contributed by atoms with Gasteiger partial charge in [-0.3, -0.25) is 4.48 Å². The van der Waals surface area contributed by atoms with Crippen LogP contribution in [0.4, 0.5) is 0 Å². The number of likely N-dealkylation sites (tertiary alicyclic amines) is 1. The average Bonchev–Trinajstić information content (AvgIpc) is 2.29. The number of piperidine rings is 1. The Morgan fingerprint density at radius 3 is 2.20 bits per heavy atom. The van der Waals surface area contributed by atoms with Gasteiger partial charge in [0.1, 0.15) is 0 Å². The molecule has 15 heavy (non-hydrogen) atoms. The van der Waals surface area contributed by atoms with Gasteiger partial charge in [-0.15, -0.1) is 0 Å². The van der Waals surface area contributed by atoms with Gasteiger partial charge in [0.15, 0.2) is 12.5 Å².